The maximum Gasteiger partial charge on any atom is 0.186 e. The maximum absolute atomic E-state index is 4.76. The van der Waals surface area contributed by atoms with Gasteiger partial charge in [-0.3, -0.25) is 0 Å². The topological polar surface area (TPSA) is 16.1 Å². The molecule has 1 aromatic heterocycles. The first-order valence-corrected chi connectivity index (χ1v) is 7.33. The lowest BCUT2D eigenvalue weighted by Gasteiger charge is -2.25. The number of thiazole rings is 1. The summed E-state index contributed by atoms with van der Waals surface area (Å²) in [5.41, 5.74) is 2.57. The zero-order chi connectivity index (χ0) is 11.7. The fourth-order valence-electron chi connectivity index (χ4n) is 2.40. The molecule has 0 atom stereocenters. The fourth-order valence-corrected chi connectivity index (χ4v) is 3.48. The van der Waals surface area contributed by atoms with Gasteiger partial charge in [-0.25, -0.2) is 4.98 Å². The van der Waals surface area contributed by atoms with E-state index < -0.39 is 0 Å². The standard InChI is InChI=1S/C14H18N2S/c1-2-11-6-7-12-13(10-11)17-14(15-12)16-8-4-3-5-9-16/h6-7,10H,2-5,8-9H2,1H3. The summed E-state index contributed by atoms with van der Waals surface area (Å²) in [7, 11) is 0. The zero-order valence-corrected chi connectivity index (χ0v) is 11.1. The van der Waals surface area contributed by atoms with E-state index in [9.17, 15) is 0 Å². The molecule has 0 radical (unpaired) electrons. The van der Waals surface area contributed by atoms with Crippen LogP contribution in [0.1, 0.15) is 31.7 Å². The summed E-state index contributed by atoms with van der Waals surface area (Å²) in [5.74, 6) is 0. The fraction of sp³-hybridized carbons (Fsp3) is 0.500. The number of benzene rings is 1. The molecule has 90 valence electrons. The van der Waals surface area contributed by atoms with Crippen LogP contribution in [0.3, 0.4) is 0 Å². The second kappa shape index (κ2) is 4.65. The minimum atomic E-state index is 1.10. The summed E-state index contributed by atoms with van der Waals surface area (Å²) >= 11 is 1.85. The van der Waals surface area contributed by atoms with Crippen LogP contribution < -0.4 is 4.90 Å². The molecule has 0 N–H and O–H groups in total. The zero-order valence-electron chi connectivity index (χ0n) is 10.3. The molecule has 0 saturated carbocycles. The SMILES string of the molecule is CCc1ccc2nc(N3CCCCC3)sc2c1. The van der Waals surface area contributed by atoms with Crippen molar-refractivity contribution in [2.75, 3.05) is 18.0 Å². The Morgan fingerprint density at radius 2 is 2.06 bits per heavy atom. The van der Waals surface area contributed by atoms with E-state index in [1.54, 1.807) is 0 Å². The van der Waals surface area contributed by atoms with Gasteiger partial charge in [0.2, 0.25) is 0 Å². The molecular formula is C14H18N2S. The van der Waals surface area contributed by atoms with Crippen molar-refractivity contribution in [2.45, 2.75) is 32.6 Å². The van der Waals surface area contributed by atoms with E-state index >= 15 is 0 Å². The van der Waals surface area contributed by atoms with Gasteiger partial charge in [0.25, 0.3) is 0 Å². The van der Waals surface area contributed by atoms with Crippen LogP contribution in [0.25, 0.3) is 10.2 Å². The van der Waals surface area contributed by atoms with Gasteiger partial charge in [0.15, 0.2) is 5.13 Å². The minimum Gasteiger partial charge on any atom is -0.348 e. The highest BCUT2D eigenvalue weighted by Crippen LogP contribution is 2.31. The molecule has 17 heavy (non-hydrogen) atoms. The highest BCUT2D eigenvalue weighted by Gasteiger charge is 2.14. The van der Waals surface area contributed by atoms with Crippen molar-refractivity contribution >= 4 is 26.7 Å². The molecule has 0 aliphatic carbocycles. The number of rotatable bonds is 2. The third-order valence-electron chi connectivity index (χ3n) is 3.48. The normalized spacial score (nSPS) is 16.6. The van der Waals surface area contributed by atoms with E-state index in [0.29, 0.717) is 0 Å². The third kappa shape index (κ3) is 2.16. The Balaban J connectivity index is 1.95. The lowest BCUT2D eigenvalue weighted by molar-refractivity contribution is 0.577. The van der Waals surface area contributed by atoms with Gasteiger partial charge in [-0.05, 0) is 43.4 Å². The van der Waals surface area contributed by atoms with Crippen LogP contribution >= 0.6 is 11.3 Å². The van der Waals surface area contributed by atoms with Gasteiger partial charge in [-0.1, -0.05) is 24.3 Å². The largest absolute Gasteiger partial charge is 0.348 e. The number of nitrogens with zero attached hydrogens (tertiary/aromatic N) is 2. The molecule has 3 heteroatoms. The molecule has 2 heterocycles. The molecule has 2 aromatic rings. The van der Waals surface area contributed by atoms with Crippen molar-refractivity contribution < 1.29 is 0 Å². The van der Waals surface area contributed by atoms with Crippen molar-refractivity contribution in [1.82, 2.24) is 4.98 Å². The molecule has 0 bridgehead atoms. The lowest BCUT2D eigenvalue weighted by atomic mass is 10.1. The van der Waals surface area contributed by atoms with Crippen LogP contribution in [0.15, 0.2) is 18.2 Å². The summed E-state index contributed by atoms with van der Waals surface area (Å²) < 4.78 is 1.34. The van der Waals surface area contributed by atoms with Gasteiger partial charge in [0, 0.05) is 13.1 Å². The second-order valence-corrected chi connectivity index (χ2v) is 5.71. The Bertz CT molecular complexity index is 512. The van der Waals surface area contributed by atoms with Crippen LogP contribution in [0.5, 0.6) is 0 Å². The van der Waals surface area contributed by atoms with Crippen molar-refractivity contribution in [3.05, 3.63) is 23.8 Å². The molecule has 0 spiro atoms. The summed E-state index contributed by atoms with van der Waals surface area (Å²) in [6.07, 6.45) is 5.11. The predicted octanol–water partition coefficient (Wildman–Crippen LogP) is 3.85. The van der Waals surface area contributed by atoms with Crippen LogP contribution in [0, 0.1) is 0 Å². The minimum absolute atomic E-state index is 1.10. The van der Waals surface area contributed by atoms with Crippen LogP contribution in [-0.4, -0.2) is 18.1 Å². The second-order valence-electron chi connectivity index (χ2n) is 4.70. The molecule has 0 amide bonds. The van der Waals surface area contributed by atoms with Gasteiger partial charge >= 0.3 is 0 Å². The molecule has 1 saturated heterocycles. The summed E-state index contributed by atoms with van der Waals surface area (Å²) in [4.78, 5) is 7.20. The number of fused-ring (bicyclic) bond motifs is 1. The van der Waals surface area contributed by atoms with Crippen molar-refractivity contribution in [1.29, 1.82) is 0 Å². The van der Waals surface area contributed by atoms with Gasteiger partial charge in [-0.2, -0.15) is 0 Å². The van der Waals surface area contributed by atoms with Gasteiger partial charge in [0.1, 0.15) is 0 Å². The monoisotopic (exact) mass is 246 g/mol. The Hall–Kier alpha value is -1.09. The summed E-state index contributed by atoms with van der Waals surface area (Å²) in [6.45, 7) is 4.56. The smallest absolute Gasteiger partial charge is 0.186 e. The molecule has 1 aliphatic rings. The Morgan fingerprint density at radius 1 is 1.24 bits per heavy atom. The Labute approximate surface area is 106 Å². The van der Waals surface area contributed by atoms with Crippen molar-refractivity contribution in [3.8, 4) is 0 Å². The first-order valence-electron chi connectivity index (χ1n) is 6.51. The van der Waals surface area contributed by atoms with E-state index in [2.05, 4.69) is 30.0 Å². The molecule has 2 nitrogen and oxygen atoms in total. The quantitative estimate of drug-likeness (QED) is 0.800. The molecule has 1 aromatic carbocycles. The van der Waals surface area contributed by atoms with Gasteiger partial charge in [-0.15, -0.1) is 0 Å². The Kier molecular flexibility index (Phi) is 3.02. The van der Waals surface area contributed by atoms with Crippen molar-refractivity contribution in [3.63, 3.8) is 0 Å². The highest BCUT2D eigenvalue weighted by molar-refractivity contribution is 7.22. The van der Waals surface area contributed by atoms with E-state index in [0.717, 1.165) is 11.9 Å². The summed E-state index contributed by atoms with van der Waals surface area (Å²) in [6, 6.07) is 6.65. The van der Waals surface area contributed by atoms with Crippen LogP contribution in [0.4, 0.5) is 5.13 Å². The molecular weight excluding hydrogens is 228 g/mol. The average molecular weight is 246 g/mol. The Morgan fingerprint density at radius 3 is 2.82 bits per heavy atom. The third-order valence-corrected chi connectivity index (χ3v) is 4.56. The maximum atomic E-state index is 4.76. The van der Waals surface area contributed by atoms with Gasteiger partial charge < -0.3 is 4.90 Å². The van der Waals surface area contributed by atoms with Gasteiger partial charge in [0.05, 0.1) is 10.2 Å². The lowest BCUT2D eigenvalue weighted by Crippen LogP contribution is -2.29. The number of hydrogen-bond acceptors (Lipinski definition) is 3. The molecule has 1 fully saturated rings. The number of anilines is 1. The van der Waals surface area contributed by atoms with Crippen LogP contribution in [-0.2, 0) is 6.42 Å². The molecule has 0 unspecified atom stereocenters. The number of hydrogen-bond donors (Lipinski definition) is 0. The molecule has 1 aliphatic heterocycles. The van der Waals surface area contributed by atoms with Crippen LogP contribution in [0.2, 0.25) is 0 Å². The van der Waals surface area contributed by atoms with E-state index in [4.69, 9.17) is 4.98 Å². The van der Waals surface area contributed by atoms with E-state index in [1.165, 1.54) is 47.7 Å². The predicted molar refractivity (Wildman–Crippen MR) is 75.1 cm³/mol. The molecule has 3 rings (SSSR count). The first-order chi connectivity index (χ1) is 8.36. The van der Waals surface area contributed by atoms with E-state index in [1.807, 2.05) is 11.3 Å². The average Bonchev–Trinajstić information content (AvgIpc) is 2.82. The van der Waals surface area contributed by atoms with E-state index in [-0.39, 0.29) is 0 Å². The highest BCUT2D eigenvalue weighted by atomic mass is 32.1. The number of piperidine rings is 1. The summed E-state index contributed by atoms with van der Waals surface area (Å²) in [5, 5.41) is 1.22. The number of aromatic nitrogens is 1. The van der Waals surface area contributed by atoms with Crippen molar-refractivity contribution in [2.24, 2.45) is 0 Å². The first kappa shape index (κ1) is 11.0. The number of aryl methyl sites for hydroxylation is 1.